The number of rotatable bonds is 5. The minimum absolute atomic E-state index is 0.150. The predicted octanol–water partition coefficient (Wildman–Crippen LogP) is 3.76. The lowest BCUT2D eigenvalue weighted by Crippen LogP contribution is -2.27. The van der Waals surface area contributed by atoms with Crippen molar-refractivity contribution in [1.82, 2.24) is 10.6 Å². The molecule has 0 saturated carbocycles. The summed E-state index contributed by atoms with van der Waals surface area (Å²) in [6, 6.07) is 8.19. The van der Waals surface area contributed by atoms with Crippen LogP contribution in [0.25, 0.3) is 11.3 Å². The number of hydrogen-bond donors (Lipinski definition) is 3. The SMILES string of the molecule is C=C1NC(=C)C(C(C)/C=C\C(=C/C)c2ccccc2C(=C)N)N1. The normalized spacial score (nSPS) is 19.6. The lowest BCUT2D eigenvalue weighted by Gasteiger charge is -2.17. The molecule has 1 fully saturated rings. The van der Waals surface area contributed by atoms with Gasteiger partial charge in [0.2, 0.25) is 0 Å². The number of benzene rings is 1. The summed E-state index contributed by atoms with van der Waals surface area (Å²) in [5.74, 6) is 1.08. The van der Waals surface area contributed by atoms with Crippen LogP contribution in [-0.2, 0) is 0 Å². The molecule has 23 heavy (non-hydrogen) atoms. The third-order valence-electron chi connectivity index (χ3n) is 4.02. The molecular formula is C20H25N3. The Bertz CT molecular complexity index is 695. The zero-order chi connectivity index (χ0) is 17.0. The van der Waals surface area contributed by atoms with E-state index in [0.717, 1.165) is 28.2 Å². The Morgan fingerprint density at radius 3 is 2.43 bits per heavy atom. The molecule has 1 aromatic carbocycles. The van der Waals surface area contributed by atoms with Gasteiger partial charge >= 0.3 is 0 Å². The molecule has 4 N–H and O–H groups in total. The van der Waals surface area contributed by atoms with E-state index < -0.39 is 0 Å². The van der Waals surface area contributed by atoms with Crippen molar-refractivity contribution in [2.75, 3.05) is 0 Å². The molecule has 0 aliphatic carbocycles. The Hall–Kier alpha value is -2.68. The van der Waals surface area contributed by atoms with Gasteiger partial charge in [0.05, 0.1) is 11.9 Å². The second kappa shape index (κ2) is 7.05. The average molecular weight is 307 g/mol. The third kappa shape index (κ3) is 3.75. The first kappa shape index (κ1) is 16.7. The first-order valence-corrected chi connectivity index (χ1v) is 7.74. The van der Waals surface area contributed by atoms with E-state index in [1.807, 2.05) is 25.1 Å². The first-order valence-electron chi connectivity index (χ1n) is 7.74. The lowest BCUT2D eigenvalue weighted by atomic mass is 9.94. The van der Waals surface area contributed by atoms with Gasteiger partial charge in [-0.2, -0.15) is 0 Å². The molecule has 0 bridgehead atoms. The van der Waals surface area contributed by atoms with Crippen molar-refractivity contribution in [2.24, 2.45) is 11.7 Å². The zero-order valence-electron chi connectivity index (χ0n) is 13.9. The van der Waals surface area contributed by atoms with Gasteiger partial charge < -0.3 is 16.4 Å². The standard InChI is InChI=1S/C20H25N3/c1-6-17(19-10-8-7-9-18(19)14(3)21)12-11-13(2)20-15(4)22-16(5)23-20/h6-13,20,22-23H,3-5,21H2,1-2H3/b12-11-,17-6+. The monoisotopic (exact) mass is 307 g/mol. The molecule has 0 amide bonds. The van der Waals surface area contributed by atoms with Gasteiger partial charge in [0, 0.05) is 22.9 Å². The highest BCUT2D eigenvalue weighted by Gasteiger charge is 2.24. The molecule has 1 aliphatic heterocycles. The quantitative estimate of drug-likeness (QED) is 0.726. The Balaban J connectivity index is 2.22. The second-order valence-electron chi connectivity index (χ2n) is 5.78. The van der Waals surface area contributed by atoms with Crippen LogP contribution in [0.3, 0.4) is 0 Å². The van der Waals surface area contributed by atoms with Crippen LogP contribution in [0.5, 0.6) is 0 Å². The molecule has 1 saturated heterocycles. The topological polar surface area (TPSA) is 50.1 Å². The highest BCUT2D eigenvalue weighted by Crippen LogP contribution is 2.25. The fraction of sp³-hybridized carbons (Fsp3) is 0.200. The van der Waals surface area contributed by atoms with Crippen molar-refractivity contribution in [3.8, 4) is 0 Å². The number of hydrogen-bond acceptors (Lipinski definition) is 3. The Kier molecular flexibility index (Phi) is 5.12. The van der Waals surface area contributed by atoms with E-state index in [0.29, 0.717) is 5.70 Å². The van der Waals surface area contributed by atoms with Crippen LogP contribution in [0.15, 0.2) is 73.7 Å². The van der Waals surface area contributed by atoms with Crippen LogP contribution in [0.1, 0.15) is 25.0 Å². The van der Waals surface area contributed by atoms with Crippen molar-refractivity contribution in [2.45, 2.75) is 19.9 Å². The van der Waals surface area contributed by atoms with Gasteiger partial charge in [0.1, 0.15) is 0 Å². The van der Waals surface area contributed by atoms with E-state index in [4.69, 9.17) is 5.73 Å². The van der Waals surface area contributed by atoms with Gasteiger partial charge in [-0.25, -0.2) is 0 Å². The third-order valence-corrected chi connectivity index (χ3v) is 4.02. The number of allylic oxidation sites excluding steroid dienone is 3. The van der Waals surface area contributed by atoms with Crippen LogP contribution >= 0.6 is 0 Å². The molecule has 2 unspecified atom stereocenters. The number of nitrogens with one attached hydrogen (secondary N) is 2. The lowest BCUT2D eigenvalue weighted by molar-refractivity contribution is 0.562. The molecule has 3 nitrogen and oxygen atoms in total. The summed E-state index contributed by atoms with van der Waals surface area (Å²) < 4.78 is 0. The van der Waals surface area contributed by atoms with Crippen LogP contribution < -0.4 is 16.4 Å². The molecule has 120 valence electrons. The van der Waals surface area contributed by atoms with Crippen LogP contribution in [-0.4, -0.2) is 6.04 Å². The van der Waals surface area contributed by atoms with E-state index in [2.05, 4.69) is 61.6 Å². The maximum atomic E-state index is 5.91. The average Bonchev–Trinajstić information content (AvgIpc) is 2.86. The number of nitrogens with two attached hydrogens (primary N) is 1. The van der Waals surface area contributed by atoms with Gasteiger partial charge in [0.25, 0.3) is 0 Å². The summed E-state index contributed by atoms with van der Waals surface area (Å²) >= 11 is 0. The molecule has 2 rings (SSSR count). The van der Waals surface area contributed by atoms with Crippen molar-refractivity contribution in [3.63, 3.8) is 0 Å². The highest BCUT2D eigenvalue weighted by atomic mass is 15.2. The maximum Gasteiger partial charge on any atom is 0.0960 e. The molecule has 1 heterocycles. The van der Waals surface area contributed by atoms with E-state index in [1.54, 1.807) is 0 Å². The first-order chi connectivity index (χ1) is 10.9. The fourth-order valence-electron chi connectivity index (χ4n) is 2.75. The van der Waals surface area contributed by atoms with E-state index >= 15 is 0 Å². The van der Waals surface area contributed by atoms with Crippen LogP contribution in [0.4, 0.5) is 0 Å². The summed E-state index contributed by atoms with van der Waals surface area (Å²) in [4.78, 5) is 0. The minimum Gasteiger partial charge on any atom is -0.399 e. The van der Waals surface area contributed by atoms with E-state index in [9.17, 15) is 0 Å². The van der Waals surface area contributed by atoms with Crippen LogP contribution in [0.2, 0.25) is 0 Å². The molecule has 1 aliphatic rings. The summed E-state index contributed by atoms with van der Waals surface area (Å²) in [6.07, 6.45) is 6.38. The van der Waals surface area contributed by atoms with Gasteiger partial charge in [-0.05, 0) is 18.1 Å². The molecule has 2 atom stereocenters. The molecule has 3 heteroatoms. The summed E-state index contributed by atoms with van der Waals surface area (Å²) in [6.45, 7) is 16.0. The molecular weight excluding hydrogens is 282 g/mol. The Labute approximate surface area is 139 Å². The summed E-state index contributed by atoms with van der Waals surface area (Å²) in [7, 11) is 0. The summed E-state index contributed by atoms with van der Waals surface area (Å²) in [5.41, 5.74) is 10.6. The Morgan fingerprint density at radius 2 is 1.91 bits per heavy atom. The fourth-order valence-corrected chi connectivity index (χ4v) is 2.75. The smallest absolute Gasteiger partial charge is 0.0960 e. The largest absolute Gasteiger partial charge is 0.399 e. The Morgan fingerprint density at radius 1 is 1.26 bits per heavy atom. The van der Waals surface area contributed by atoms with Crippen molar-refractivity contribution >= 4 is 11.3 Å². The van der Waals surface area contributed by atoms with Crippen molar-refractivity contribution in [3.05, 3.63) is 84.9 Å². The van der Waals surface area contributed by atoms with Gasteiger partial charge in [-0.15, -0.1) is 0 Å². The van der Waals surface area contributed by atoms with Gasteiger partial charge in [-0.1, -0.05) is 69.2 Å². The van der Waals surface area contributed by atoms with Crippen molar-refractivity contribution in [1.29, 1.82) is 0 Å². The zero-order valence-corrected chi connectivity index (χ0v) is 13.9. The summed E-state index contributed by atoms with van der Waals surface area (Å²) in [5, 5.41) is 6.43. The van der Waals surface area contributed by atoms with Crippen LogP contribution in [0, 0.1) is 5.92 Å². The van der Waals surface area contributed by atoms with E-state index in [1.165, 1.54) is 0 Å². The van der Waals surface area contributed by atoms with E-state index in [-0.39, 0.29) is 12.0 Å². The highest BCUT2D eigenvalue weighted by molar-refractivity contribution is 5.82. The predicted molar refractivity (Wildman–Crippen MR) is 100.0 cm³/mol. The molecule has 0 aromatic heterocycles. The second-order valence-corrected chi connectivity index (χ2v) is 5.78. The van der Waals surface area contributed by atoms with Crippen molar-refractivity contribution < 1.29 is 0 Å². The molecule has 0 radical (unpaired) electrons. The van der Waals surface area contributed by atoms with Gasteiger partial charge in [-0.3, -0.25) is 0 Å². The maximum absolute atomic E-state index is 5.91. The minimum atomic E-state index is 0.150. The van der Waals surface area contributed by atoms with Gasteiger partial charge in [0.15, 0.2) is 0 Å². The molecule has 1 aromatic rings. The molecule has 0 spiro atoms.